The molecule has 1 fully saturated rings. The molecule has 0 spiro atoms. The average Bonchev–Trinajstić information content (AvgIpc) is 3.37. The van der Waals surface area contributed by atoms with E-state index in [1.54, 1.807) is 13.2 Å². The average molecular weight is 310 g/mol. The van der Waals surface area contributed by atoms with Crippen LogP contribution in [0.5, 0.6) is 0 Å². The van der Waals surface area contributed by atoms with Crippen LogP contribution in [0, 0.1) is 0 Å². The van der Waals surface area contributed by atoms with Gasteiger partial charge in [-0.1, -0.05) is 54.6 Å². The fourth-order valence-corrected chi connectivity index (χ4v) is 2.81. The maximum absolute atomic E-state index is 10.6. The van der Waals surface area contributed by atoms with Crippen molar-refractivity contribution >= 4 is 12.0 Å². The minimum Gasteiger partial charge on any atom is -0.478 e. The first-order chi connectivity index (χ1) is 11.2. The van der Waals surface area contributed by atoms with E-state index in [0.29, 0.717) is 6.61 Å². The zero-order valence-corrected chi connectivity index (χ0v) is 12.8. The van der Waals surface area contributed by atoms with Gasteiger partial charge in [-0.15, -0.1) is 0 Å². The lowest BCUT2D eigenvalue weighted by Gasteiger charge is -2.24. The molecule has 1 aliphatic rings. The lowest BCUT2D eigenvalue weighted by molar-refractivity contribution is -0.131. The minimum absolute atomic E-state index is 0.206. The molecule has 0 aromatic heterocycles. The van der Waals surface area contributed by atoms with E-state index in [1.165, 1.54) is 0 Å². The molecule has 1 saturated heterocycles. The van der Waals surface area contributed by atoms with Gasteiger partial charge in [0.25, 0.3) is 0 Å². The van der Waals surface area contributed by atoms with E-state index >= 15 is 0 Å². The number of hydrogen-bond acceptors (Lipinski definition) is 3. The lowest BCUT2D eigenvalue weighted by atomic mass is 9.89. The Morgan fingerprint density at radius 3 is 2.39 bits per heavy atom. The number of carboxylic acids is 1. The molecule has 0 bridgehead atoms. The highest BCUT2D eigenvalue weighted by Gasteiger charge is 2.54. The van der Waals surface area contributed by atoms with Crippen LogP contribution in [-0.4, -0.2) is 24.8 Å². The summed E-state index contributed by atoms with van der Waals surface area (Å²) in [7, 11) is 1.68. The number of benzene rings is 2. The molecule has 2 atom stereocenters. The highest BCUT2D eigenvalue weighted by Crippen LogP contribution is 2.50. The van der Waals surface area contributed by atoms with Crippen LogP contribution in [0.2, 0.25) is 0 Å². The topological polar surface area (TPSA) is 59.1 Å². The molecule has 4 heteroatoms. The van der Waals surface area contributed by atoms with Crippen LogP contribution in [0.25, 0.3) is 6.08 Å². The van der Waals surface area contributed by atoms with Crippen molar-refractivity contribution in [2.24, 2.45) is 0 Å². The van der Waals surface area contributed by atoms with Crippen molar-refractivity contribution in [2.75, 3.05) is 13.7 Å². The first kappa shape index (κ1) is 15.5. The van der Waals surface area contributed by atoms with Crippen molar-refractivity contribution in [2.45, 2.75) is 11.7 Å². The van der Waals surface area contributed by atoms with Crippen molar-refractivity contribution in [3.63, 3.8) is 0 Å². The molecule has 3 rings (SSSR count). The summed E-state index contributed by atoms with van der Waals surface area (Å²) in [6.07, 6.45) is 2.48. The van der Waals surface area contributed by atoms with Crippen LogP contribution in [0.1, 0.15) is 22.8 Å². The number of epoxide rings is 1. The van der Waals surface area contributed by atoms with Crippen LogP contribution in [0.3, 0.4) is 0 Å². The molecule has 1 aliphatic heterocycles. The van der Waals surface area contributed by atoms with Gasteiger partial charge in [0.15, 0.2) is 0 Å². The van der Waals surface area contributed by atoms with Gasteiger partial charge in [0.05, 0.1) is 6.61 Å². The summed E-state index contributed by atoms with van der Waals surface area (Å²) < 4.78 is 11.5. The van der Waals surface area contributed by atoms with Gasteiger partial charge in [0.2, 0.25) is 0 Å². The van der Waals surface area contributed by atoms with Crippen LogP contribution in [0.15, 0.2) is 60.7 Å². The van der Waals surface area contributed by atoms with Crippen LogP contribution in [0.4, 0.5) is 0 Å². The number of carboxylic acid groups (broad SMARTS) is 1. The van der Waals surface area contributed by atoms with Gasteiger partial charge in [-0.2, -0.15) is 0 Å². The molecule has 2 unspecified atom stereocenters. The molecule has 118 valence electrons. The van der Waals surface area contributed by atoms with E-state index in [-0.39, 0.29) is 6.10 Å². The fourth-order valence-electron chi connectivity index (χ4n) is 2.81. The van der Waals surface area contributed by atoms with Gasteiger partial charge in [-0.05, 0) is 22.8 Å². The Morgan fingerprint density at radius 2 is 1.87 bits per heavy atom. The van der Waals surface area contributed by atoms with E-state index in [2.05, 4.69) is 0 Å². The summed E-state index contributed by atoms with van der Waals surface area (Å²) in [5, 5.41) is 8.67. The smallest absolute Gasteiger partial charge is 0.328 e. The SMILES string of the molecule is COC(c1ccc(/C=C/C(=O)O)cc1)C1(c2ccccc2)CO1. The molecule has 2 aromatic rings. The third kappa shape index (κ3) is 3.18. The second-order valence-electron chi connectivity index (χ2n) is 5.50. The molecule has 0 aliphatic carbocycles. The number of rotatable bonds is 6. The van der Waals surface area contributed by atoms with Crippen molar-refractivity contribution in [1.29, 1.82) is 0 Å². The predicted molar refractivity (Wildman–Crippen MR) is 86.9 cm³/mol. The van der Waals surface area contributed by atoms with Crippen molar-refractivity contribution in [3.05, 3.63) is 77.4 Å². The van der Waals surface area contributed by atoms with E-state index in [9.17, 15) is 4.79 Å². The largest absolute Gasteiger partial charge is 0.478 e. The lowest BCUT2D eigenvalue weighted by Crippen LogP contribution is -2.22. The molecule has 0 saturated carbocycles. The Kier molecular flexibility index (Phi) is 4.28. The van der Waals surface area contributed by atoms with Gasteiger partial charge in [-0.3, -0.25) is 0 Å². The quantitative estimate of drug-likeness (QED) is 0.656. The number of hydrogen-bond donors (Lipinski definition) is 1. The Balaban J connectivity index is 1.86. The van der Waals surface area contributed by atoms with Gasteiger partial charge < -0.3 is 14.6 Å². The van der Waals surface area contributed by atoms with E-state index < -0.39 is 11.6 Å². The highest BCUT2D eigenvalue weighted by atomic mass is 16.6. The molecule has 0 amide bonds. The third-order valence-electron chi connectivity index (χ3n) is 4.03. The number of methoxy groups -OCH3 is 1. The van der Waals surface area contributed by atoms with Crippen LogP contribution in [-0.2, 0) is 19.9 Å². The Labute approximate surface area is 135 Å². The van der Waals surface area contributed by atoms with Crippen molar-refractivity contribution < 1.29 is 19.4 Å². The second kappa shape index (κ2) is 6.36. The van der Waals surface area contributed by atoms with E-state index in [0.717, 1.165) is 22.8 Å². The Hall–Kier alpha value is -2.43. The van der Waals surface area contributed by atoms with Gasteiger partial charge in [0.1, 0.15) is 11.7 Å². The minimum atomic E-state index is -0.960. The highest BCUT2D eigenvalue weighted by molar-refractivity contribution is 5.85. The van der Waals surface area contributed by atoms with E-state index in [1.807, 2.05) is 54.6 Å². The summed E-state index contributed by atoms with van der Waals surface area (Å²) >= 11 is 0. The van der Waals surface area contributed by atoms with Crippen molar-refractivity contribution in [1.82, 2.24) is 0 Å². The maximum Gasteiger partial charge on any atom is 0.328 e. The number of ether oxygens (including phenoxy) is 2. The van der Waals surface area contributed by atoms with E-state index in [4.69, 9.17) is 14.6 Å². The number of carbonyl (C=O) groups is 1. The normalized spacial score (nSPS) is 21.3. The zero-order chi connectivity index (χ0) is 16.3. The predicted octanol–water partition coefficient (Wildman–Crippen LogP) is 3.40. The first-order valence-corrected chi connectivity index (χ1v) is 7.39. The molecule has 0 radical (unpaired) electrons. The summed E-state index contributed by atoms with van der Waals surface area (Å²) in [6, 6.07) is 17.7. The molecular weight excluding hydrogens is 292 g/mol. The molecular formula is C19H18O4. The Bertz CT molecular complexity index is 700. The summed E-state index contributed by atoms with van der Waals surface area (Å²) in [4.78, 5) is 10.6. The maximum atomic E-state index is 10.6. The van der Waals surface area contributed by atoms with Gasteiger partial charge >= 0.3 is 5.97 Å². The van der Waals surface area contributed by atoms with Crippen LogP contribution >= 0.6 is 0 Å². The second-order valence-corrected chi connectivity index (χ2v) is 5.50. The molecule has 23 heavy (non-hydrogen) atoms. The standard InChI is InChI=1S/C19H18O4/c1-22-18(19(13-23-19)16-5-3-2-4-6-16)15-10-7-14(8-11-15)9-12-17(20)21/h2-12,18H,13H2,1H3,(H,20,21)/b12-9+. The fraction of sp³-hybridized carbons (Fsp3) is 0.211. The Morgan fingerprint density at radius 1 is 1.22 bits per heavy atom. The number of aliphatic carboxylic acids is 1. The summed E-state index contributed by atoms with van der Waals surface area (Å²) in [6.45, 7) is 0.621. The monoisotopic (exact) mass is 310 g/mol. The molecule has 1 heterocycles. The first-order valence-electron chi connectivity index (χ1n) is 7.39. The molecule has 4 nitrogen and oxygen atoms in total. The van der Waals surface area contributed by atoms with Crippen LogP contribution < -0.4 is 0 Å². The molecule has 2 aromatic carbocycles. The summed E-state index contributed by atoms with van der Waals surface area (Å²) in [5.41, 5.74) is 2.49. The van der Waals surface area contributed by atoms with Crippen molar-refractivity contribution in [3.8, 4) is 0 Å². The zero-order valence-electron chi connectivity index (χ0n) is 12.8. The van der Waals surface area contributed by atoms with Gasteiger partial charge in [0, 0.05) is 13.2 Å². The summed E-state index contributed by atoms with van der Waals surface area (Å²) in [5.74, 6) is -0.960. The third-order valence-corrected chi connectivity index (χ3v) is 4.03. The molecule has 1 N–H and O–H groups in total. The van der Waals surface area contributed by atoms with Gasteiger partial charge in [-0.25, -0.2) is 4.79 Å².